The van der Waals surface area contributed by atoms with E-state index in [9.17, 15) is 10.1 Å². The largest absolute Gasteiger partial charge is 0.511 e. The quantitative estimate of drug-likeness (QED) is 0.784. The molecule has 0 spiro atoms. The summed E-state index contributed by atoms with van der Waals surface area (Å²) >= 11 is 0. The second-order valence-corrected chi connectivity index (χ2v) is 5.93. The van der Waals surface area contributed by atoms with Crippen LogP contribution in [-0.2, 0) is 4.65 Å². The van der Waals surface area contributed by atoms with E-state index in [0.29, 0.717) is 5.59 Å². The average molecular weight is 289 g/mol. The van der Waals surface area contributed by atoms with Crippen LogP contribution >= 0.6 is 0 Å². The van der Waals surface area contributed by atoms with Gasteiger partial charge in [0.2, 0.25) is 0 Å². The van der Waals surface area contributed by atoms with Crippen molar-refractivity contribution in [3.63, 3.8) is 0 Å². The molecule has 0 aliphatic heterocycles. The van der Waals surface area contributed by atoms with Crippen molar-refractivity contribution < 1.29 is 14.8 Å². The molecule has 0 bridgehead atoms. The fourth-order valence-electron chi connectivity index (χ4n) is 1.58. The van der Waals surface area contributed by atoms with Gasteiger partial charge in [-0.25, -0.2) is 4.68 Å². The van der Waals surface area contributed by atoms with Crippen molar-refractivity contribution in [2.24, 2.45) is 0 Å². The van der Waals surface area contributed by atoms with Crippen molar-refractivity contribution >= 4 is 12.7 Å². The van der Waals surface area contributed by atoms with Crippen molar-refractivity contribution in [3.8, 4) is 5.69 Å². The van der Waals surface area contributed by atoms with Crippen LogP contribution in [0.2, 0.25) is 0 Å². The molecule has 0 saturated carbocycles. The SMILES string of the molecule is CC(C)(O)C(C)(C)OB(O)c1ccc(-n2cccn2)cn1. The molecule has 0 unspecified atom stereocenters. The maximum atomic E-state index is 10.1. The second-order valence-electron chi connectivity index (χ2n) is 5.93. The Bertz CT molecular complexity index is 577. The van der Waals surface area contributed by atoms with Crippen LogP contribution in [0.3, 0.4) is 0 Å². The molecule has 2 N–H and O–H groups in total. The Morgan fingerprint density at radius 2 is 1.95 bits per heavy atom. The molecule has 0 amide bonds. The van der Waals surface area contributed by atoms with Crippen LogP contribution in [0.1, 0.15) is 27.7 Å². The van der Waals surface area contributed by atoms with Crippen molar-refractivity contribution in [1.82, 2.24) is 14.8 Å². The third-order valence-electron chi connectivity index (χ3n) is 3.67. The van der Waals surface area contributed by atoms with Gasteiger partial charge in [0, 0.05) is 12.4 Å². The summed E-state index contributed by atoms with van der Waals surface area (Å²) in [6.07, 6.45) is 5.09. The third-order valence-corrected chi connectivity index (χ3v) is 3.67. The molecule has 0 saturated heterocycles. The van der Waals surface area contributed by atoms with Crippen LogP contribution in [0.15, 0.2) is 36.8 Å². The van der Waals surface area contributed by atoms with E-state index >= 15 is 0 Å². The van der Waals surface area contributed by atoms with Gasteiger partial charge in [0.05, 0.1) is 28.7 Å². The summed E-state index contributed by atoms with van der Waals surface area (Å²) in [5.41, 5.74) is -0.849. The Kier molecular flexibility index (Phi) is 4.18. The lowest BCUT2D eigenvalue weighted by atomic mass is 9.80. The van der Waals surface area contributed by atoms with Gasteiger partial charge in [0.25, 0.3) is 0 Å². The van der Waals surface area contributed by atoms with E-state index in [0.717, 1.165) is 5.69 Å². The number of hydrogen-bond donors (Lipinski definition) is 2. The molecule has 112 valence electrons. The zero-order valence-electron chi connectivity index (χ0n) is 12.7. The summed E-state index contributed by atoms with van der Waals surface area (Å²) in [7, 11) is -1.21. The zero-order chi connectivity index (χ0) is 15.7. The van der Waals surface area contributed by atoms with Crippen LogP contribution in [0.5, 0.6) is 0 Å². The smallest absolute Gasteiger partial charge is 0.422 e. The van der Waals surface area contributed by atoms with Crippen molar-refractivity contribution in [2.45, 2.75) is 38.9 Å². The maximum absolute atomic E-state index is 10.1. The summed E-state index contributed by atoms with van der Waals surface area (Å²) < 4.78 is 7.21. The molecule has 0 aliphatic carbocycles. The minimum Gasteiger partial charge on any atom is -0.422 e. The molecule has 2 aromatic heterocycles. The standard InChI is InChI=1S/C14H20BN3O3/c1-13(2,19)14(3,4)21-15(20)12-7-6-11(10-16-12)18-9-5-8-17-18/h5-10,19-20H,1-4H3. The molecular weight excluding hydrogens is 269 g/mol. The highest BCUT2D eigenvalue weighted by Crippen LogP contribution is 2.25. The first-order valence-corrected chi connectivity index (χ1v) is 6.75. The summed E-state index contributed by atoms with van der Waals surface area (Å²) in [6, 6.07) is 5.28. The number of nitrogens with zero attached hydrogens (tertiary/aromatic N) is 3. The summed E-state index contributed by atoms with van der Waals surface area (Å²) in [5, 5.41) is 24.3. The lowest BCUT2D eigenvalue weighted by molar-refractivity contribution is -0.0983. The van der Waals surface area contributed by atoms with E-state index in [2.05, 4.69) is 10.1 Å². The molecule has 21 heavy (non-hydrogen) atoms. The zero-order valence-corrected chi connectivity index (χ0v) is 12.7. The highest BCUT2D eigenvalue weighted by atomic mass is 16.5. The van der Waals surface area contributed by atoms with Gasteiger partial charge >= 0.3 is 7.12 Å². The highest BCUT2D eigenvalue weighted by Gasteiger charge is 2.39. The first-order valence-electron chi connectivity index (χ1n) is 6.75. The van der Waals surface area contributed by atoms with Crippen molar-refractivity contribution in [3.05, 3.63) is 36.8 Å². The van der Waals surface area contributed by atoms with Gasteiger partial charge in [-0.15, -0.1) is 0 Å². The van der Waals surface area contributed by atoms with Gasteiger partial charge in [-0.3, -0.25) is 4.98 Å². The van der Waals surface area contributed by atoms with Crippen LogP contribution < -0.4 is 5.59 Å². The summed E-state index contributed by atoms with van der Waals surface area (Å²) in [4.78, 5) is 4.18. The van der Waals surface area contributed by atoms with Crippen LogP contribution in [-0.4, -0.2) is 43.2 Å². The fraction of sp³-hybridized carbons (Fsp3) is 0.429. The molecule has 0 atom stereocenters. The Balaban J connectivity index is 2.12. The molecule has 0 fully saturated rings. The molecule has 0 aliphatic rings. The monoisotopic (exact) mass is 289 g/mol. The van der Waals surface area contributed by atoms with E-state index in [4.69, 9.17) is 4.65 Å². The van der Waals surface area contributed by atoms with Gasteiger partial charge in [-0.05, 0) is 45.9 Å². The van der Waals surface area contributed by atoms with Gasteiger partial charge in [-0.2, -0.15) is 5.10 Å². The molecule has 2 heterocycles. The number of aromatic nitrogens is 3. The van der Waals surface area contributed by atoms with Crippen molar-refractivity contribution in [2.75, 3.05) is 0 Å². The van der Waals surface area contributed by atoms with Gasteiger partial charge in [0.15, 0.2) is 0 Å². The Hall–Kier alpha value is -1.70. The molecule has 2 rings (SSSR count). The average Bonchev–Trinajstić information content (AvgIpc) is 2.91. The molecule has 6 nitrogen and oxygen atoms in total. The lowest BCUT2D eigenvalue weighted by Crippen LogP contribution is -2.53. The van der Waals surface area contributed by atoms with Gasteiger partial charge < -0.3 is 14.8 Å². The van der Waals surface area contributed by atoms with Crippen molar-refractivity contribution in [1.29, 1.82) is 0 Å². The first kappa shape index (κ1) is 15.7. The van der Waals surface area contributed by atoms with Gasteiger partial charge in [-0.1, -0.05) is 0 Å². The van der Waals surface area contributed by atoms with Gasteiger partial charge in [0.1, 0.15) is 0 Å². The predicted octanol–water partition coefficient (Wildman–Crippen LogP) is 0.521. The third kappa shape index (κ3) is 3.50. The Labute approximate surface area is 124 Å². The first-order chi connectivity index (χ1) is 9.71. The molecule has 0 radical (unpaired) electrons. The van der Waals surface area contributed by atoms with Crippen LogP contribution in [0.25, 0.3) is 5.69 Å². The number of hydrogen-bond acceptors (Lipinski definition) is 5. The van der Waals surface area contributed by atoms with E-state index in [1.54, 1.807) is 63.1 Å². The summed E-state index contributed by atoms with van der Waals surface area (Å²) in [5.74, 6) is 0. The molecule has 7 heteroatoms. The topological polar surface area (TPSA) is 80.4 Å². The minimum atomic E-state index is -1.21. The molecular formula is C14H20BN3O3. The van der Waals surface area contributed by atoms with E-state index in [1.165, 1.54) is 0 Å². The Morgan fingerprint density at radius 3 is 2.43 bits per heavy atom. The molecule has 0 aromatic carbocycles. The number of rotatable bonds is 5. The van der Waals surface area contributed by atoms with Crippen LogP contribution in [0, 0.1) is 0 Å². The van der Waals surface area contributed by atoms with E-state index in [-0.39, 0.29) is 0 Å². The normalized spacial score (nSPS) is 12.5. The highest BCUT2D eigenvalue weighted by molar-refractivity contribution is 6.59. The summed E-state index contributed by atoms with van der Waals surface area (Å²) in [6.45, 7) is 6.70. The minimum absolute atomic E-state index is 0.378. The number of aliphatic hydroxyl groups is 1. The Morgan fingerprint density at radius 1 is 1.24 bits per heavy atom. The van der Waals surface area contributed by atoms with E-state index in [1.807, 2.05) is 6.07 Å². The lowest BCUT2D eigenvalue weighted by Gasteiger charge is -2.38. The second kappa shape index (κ2) is 5.59. The van der Waals surface area contributed by atoms with Crippen LogP contribution in [0.4, 0.5) is 0 Å². The fourth-order valence-corrected chi connectivity index (χ4v) is 1.58. The molecule has 2 aromatic rings. The number of pyridine rings is 1. The van der Waals surface area contributed by atoms with E-state index < -0.39 is 18.3 Å². The maximum Gasteiger partial charge on any atom is 0.511 e. The predicted molar refractivity (Wildman–Crippen MR) is 80.4 cm³/mol.